The highest BCUT2D eigenvalue weighted by atomic mass is 16.2. The van der Waals surface area contributed by atoms with Gasteiger partial charge in [-0.15, -0.1) is 0 Å². The fourth-order valence-electron chi connectivity index (χ4n) is 3.45. The van der Waals surface area contributed by atoms with Crippen LogP contribution in [0, 0.1) is 6.92 Å². The maximum absolute atomic E-state index is 13.3. The number of nitrogens with zero attached hydrogens (tertiary/aromatic N) is 4. The molecule has 3 aromatic heterocycles. The molecule has 0 N–H and O–H groups in total. The second kappa shape index (κ2) is 6.39. The number of hydrogen-bond donors (Lipinski definition) is 0. The number of anilines is 1. The minimum absolute atomic E-state index is 0.152. The summed E-state index contributed by atoms with van der Waals surface area (Å²) in [5.74, 6) is -0.152. The molecule has 0 spiro atoms. The molecule has 0 unspecified atom stereocenters. The minimum Gasteiger partial charge on any atom is -0.324 e. The summed E-state index contributed by atoms with van der Waals surface area (Å²) in [7, 11) is 1.77. The van der Waals surface area contributed by atoms with Gasteiger partial charge in [-0.05, 0) is 43.7 Å². The molecule has 4 aromatic rings. The number of benzene rings is 1. The highest BCUT2D eigenvalue weighted by molar-refractivity contribution is 6.08. The first-order chi connectivity index (χ1) is 13.0. The molecule has 1 aromatic carbocycles. The third kappa shape index (κ3) is 2.61. The maximum Gasteiger partial charge on any atom is 0.274 e. The third-order valence-corrected chi connectivity index (χ3v) is 4.90. The first kappa shape index (κ1) is 17.0. The van der Waals surface area contributed by atoms with E-state index in [-0.39, 0.29) is 11.5 Å². The number of pyridine rings is 1. The Labute approximate surface area is 156 Å². The summed E-state index contributed by atoms with van der Waals surface area (Å²) >= 11 is 0. The number of rotatable bonds is 3. The van der Waals surface area contributed by atoms with E-state index < -0.39 is 0 Å². The number of aromatic nitrogens is 3. The normalized spacial score (nSPS) is 11.2. The van der Waals surface area contributed by atoms with Gasteiger partial charge < -0.3 is 9.47 Å². The number of amides is 1. The SMILES string of the molecule is CCN(C(=O)c1cc2c(=O)n3ccccc3nc2n1C)c1ccccc1C. The summed E-state index contributed by atoms with van der Waals surface area (Å²) in [6.45, 7) is 4.45. The van der Waals surface area contributed by atoms with Crippen LogP contribution in [0.15, 0.2) is 59.5 Å². The zero-order valence-corrected chi connectivity index (χ0v) is 15.5. The standard InChI is InChI=1S/C21H20N4O2/c1-4-24(16-10-6-5-9-14(16)2)21(27)17-13-15-19(23(17)3)22-18-11-7-8-12-25(18)20(15)26/h5-13H,4H2,1-3H3. The van der Waals surface area contributed by atoms with Crippen molar-refractivity contribution in [3.63, 3.8) is 0 Å². The summed E-state index contributed by atoms with van der Waals surface area (Å²) in [5.41, 5.74) is 3.22. The topological polar surface area (TPSA) is 59.6 Å². The molecule has 3 heterocycles. The molecule has 27 heavy (non-hydrogen) atoms. The Morgan fingerprint density at radius 1 is 1.15 bits per heavy atom. The van der Waals surface area contributed by atoms with Crippen molar-refractivity contribution in [2.75, 3.05) is 11.4 Å². The van der Waals surface area contributed by atoms with Crippen molar-refractivity contribution in [3.05, 3.63) is 76.3 Å². The van der Waals surface area contributed by atoms with Gasteiger partial charge in [0.25, 0.3) is 11.5 Å². The molecule has 0 aliphatic carbocycles. The summed E-state index contributed by atoms with van der Waals surface area (Å²) in [6.07, 6.45) is 1.68. The van der Waals surface area contributed by atoms with Gasteiger partial charge >= 0.3 is 0 Å². The molecule has 6 heteroatoms. The van der Waals surface area contributed by atoms with Gasteiger partial charge in [-0.1, -0.05) is 24.3 Å². The van der Waals surface area contributed by atoms with Gasteiger partial charge in [0.15, 0.2) is 0 Å². The molecular formula is C21H20N4O2. The van der Waals surface area contributed by atoms with Crippen molar-refractivity contribution in [1.82, 2.24) is 14.0 Å². The van der Waals surface area contributed by atoms with Crippen LogP contribution in [0.4, 0.5) is 5.69 Å². The van der Waals surface area contributed by atoms with Gasteiger partial charge in [-0.25, -0.2) is 4.98 Å². The van der Waals surface area contributed by atoms with Gasteiger partial charge in [0.2, 0.25) is 0 Å². The molecule has 0 aliphatic heterocycles. The molecule has 6 nitrogen and oxygen atoms in total. The zero-order valence-electron chi connectivity index (χ0n) is 15.5. The van der Waals surface area contributed by atoms with E-state index in [1.165, 1.54) is 4.40 Å². The number of hydrogen-bond acceptors (Lipinski definition) is 3. The van der Waals surface area contributed by atoms with Crippen LogP contribution in [-0.4, -0.2) is 26.4 Å². The Hall–Kier alpha value is -3.41. The Balaban J connectivity index is 1.91. The lowest BCUT2D eigenvalue weighted by molar-refractivity contribution is 0.0980. The summed E-state index contributed by atoms with van der Waals surface area (Å²) in [5, 5.41) is 0.436. The van der Waals surface area contributed by atoms with Gasteiger partial charge in [0.1, 0.15) is 17.0 Å². The lowest BCUT2D eigenvalue weighted by atomic mass is 10.1. The molecule has 0 atom stereocenters. The van der Waals surface area contributed by atoms with Crippen molar-refractivity contribution >= 4 is 28.3 Å². The first-order valence-electron chi connectivity index (χ1n) is 8.87. The van der Waals surface area contributed by atoms with Gasteiger partial charge in [0, 0.05) is 25.5 Å². The molecule has 0 fully saturated rings. The molecule has 0 radical (unpaired) electrons. The van der Waals surface area contributed by atoms with Crippen LogP contribution in [0.2, 0.25) is 0 Å². The molecule has 0 bridgehead atoms. The number of carbonyl (C=O) groups is 1. The van der Waals surface area contributed by atoms with Crippen LogP contribution in [-0.2, 0) is 7.05 Å². The van der Waals surface area contributed by atoms with Gasteiger partial charge in [-0.2, -0.15) is 0 Å². The molecule has 0 saturated heterocycles. The van der Waals surface area contributed by atoms with Crippen LogP contribution < -0.4 is 10.5 Å². The van der Waals surface area contributed by atoms with Crippen molar-refractivity contribution in [1.29, 1.82) is 0 Å². The molecule has 1 amide bonds. The van der Waals surface area contributed by atoms with Crippen molar-refractivity contribution in [2.45, 2.75) is 13.8 Å². The predicted octanol–water partition coefficient (Wildman–Crippen LogP) is 3.16. The molecule has 0 aliphatic rings. The highest BCUT2D eigenvalue weighted by Crippen LogP contribution is 2.23. The van der Waals surface area contributed by atoms with Gasteiger partial charge in [0.05, 0.1) is 5.39 Å². The van der Waals surface area contributed by atoms with Crippen LogP contribution in [0.5, 0.6) is 0 Å². The average molecular weight is 360 g/mol. The summed E-state index contributed by atoms with van der Waals surface area (Å²) < 4.78 is 3.20. The van der Waals surface area contributed by atoms with E-state index in [9.17, 15) is 9.59 Å². The number of carbonyl (C=O) groups excluding carboxylic acids is 1. The van der Waals surface area contributed by atoms with Crippen LogP contribution >= 0.6 is 0 Å². The number of aryl methyl sites for hydroxylation is 2. The van der Waals surface area contributed by atoms with E-state index in [2.05, 4.69) is 4.98 Å². The fraction of sp³-hybridized carbons (Fsp3) is 0.190. The van der Waals surface area contributed by atoms with Crippen LogP contribution in [0.1, 0.15) is 23.0 Å². The average Bonchev–Trinajstić information content (AvgIpc) is 3.01. The van der Waals surface area contributed by atoms with E-state index in [0.29, 0.717) is 28.9 Å². The Bertz CT molecular complexity index is 1240. The molecule has 136 valence electrons. The Kier molecular flexibility index (Phi) is 4.03. The largest absolute Gasteiger partial charge is 0.324 e. The fourth-order valence-corrected chi connectivity index (χ4v) is 3.45. The Morgan fingerprint density at radius 3 is 2.63 bits per heavy atom. The van der Waals surface area contributed by atoms with E-state index >= 15 is 0 Å². The molecule has 0 saturated carbocycles. The van der Waals surface area contributed by atoms with Crippen molar-refractivity contribution in [2.24, 2.45) is 7.05 Å². The van der Waals surface area contributed by atoms with Crippen LogP contribution in [0.3, 0.4) is 0 Å². The Morgan fingerprint density at radius 2 is 1.89 bits per heavy atom. The first-order valence-corrected chi connectivity index (χ1v) is 8.87. The zero-order chi connectivity index (χ0) is 19.1. The minimum atomic E-state index is -0.177. The van der Waals surface area contributed by atoms with E-state index in [0.717, 1.165) is 11.3 Å². The van der Waals surface area contributed by atoms with Crippen molar-refractivity contribution in [3.8, 4) is 0 Å². The lowest BCUT2D eigenvalue weighted by Crippen LogP contribution is -2.32. The summed E-state index contributed by atoms with van der Waals surface area (Å²) in [4.78, 5) is 32.4. The van der Waals surface area contributed by atoms with Crippen molar-refractivity contribution < 1.29 is 4.79 Å². The molecule has 4 rings (SSSR count). The van der Waals surface area contributed by atoms with Gasteiger partial charge in [-0.3, -0.25) is 14.0 Å². The maximum atomic E-state index is 13.3. The van der Waals surface area contributed by atoms with Crippen LogP contribution in [0.25, 0.3) is 16.7 Å². The second-order valence-corrected chi connectivity index (χ2v) is 6.51. The second-order valence-electron chi connectivity index (χ2n) is 6.51. The lowest BCUT2D eigenvalue weighted by Gasteiger charge is -2.23. The third-order valence-electron chi connectivity index (χ3n) is 4.90. The monoisotopic (exact) mass is 360 g/mol. The van der Waals surface area contributed by atoms with E-state index in [1.807, 2.05) is 44.2 Å². The van der Waals surface area contributed by atoms with E-state index in [1.54, 1.807) is 40.9 Å². The quantitative estimate of drug-likeness (QED) is 0.564. The number of fused-ring (bicyclic) bond motifs is 2. The number of para-hydroxylation sites is 1. The molecular weight excluding hydrogens is 340 g/mol. The smallest absolute Gasteiger partial charge is 0.274 e. The predicted molar refractivity (Wildman–Crippen MR) is 106 cm³/mol. The summed E-state index contributed by atoms with van der Waals surface area (Å²) in [6, 6.07) is 14.8. The van der Waals surface area contributed by atoms with E-state index in [4.69, 9.17) is 0 Å². The highest BCUT2D eigenvalue weighted by Gasteiger charge is 2.23.